The Morgan fingerprint density at radius 1 is 0.903 bits per heavy atom. The van der Waals surface area contributed by atoms with Crippen molar-refractivity contribution in [1.82, 2.24) is 5.32 Å². The van der Waals surface area contributed by atoms with Crippen LogP contribution >= 0.6 is 0 Å². The van der Waals surface area contributed by atoms with Gasteiger partial charge >= 0.3 is 5.97 Å². The molecule has 3 aromatic carbocycles. The first-order chi connectivity index (χ1) is 15.0. The summed E-state index contributed by atoms with van der Waals surface area (Å²) in [4.78, 5) is 35.9. The highest BCUT2D eigenvalue weighted by Crippen LogP contribution is 2.18. The van der Waals surface area contributed by atoms with Gasteiger partial charge in [-0.2, -0.15) is 0 Å². The zero-order valence-electron chi connectivity index (χ0n) is 17.0. The van der Waals surface area contributed by atoms with Crippen LogP contribution in [0.3, 0.4) is 0 Å². The normalized spacial score (nSPS) is 10.5. The molecular formula is C25H22N2O4. The van der Waals surface area contributed by atoms with Crippen molar-refractivity contribution in [2.75, 3.05) is 5.32 Å². The molecule has 0 saturated carbocycles. The summed E-state index contributed by atoms with van der Waals surface area (Å²) in [6, 6.07) is 23.1. The number of anilines is 1. The van der Waals surface area contributed by atoms with Crippen LogP contribution in [0, 0.1) is 0 Å². The van der Waals surface area contributed by atoms with Crippen molar-refractivity contribution in [3.8, 4) is 5.75 Å². The third kappa shape index (κ3) is 6.68. The molecule has 0 spiro atoms. The molecule has 3 rings (SSSR count). The van der Waals surface area contributed by atoms with Gasteiger partial charge in [-0.1, -0.05) is 54.6 Å². The molecule has 0 bridgehead atoms. The number of hydrogen-bond acceptors (Lipinski definition) is 4. The summed E-state index contributed by atoms with van der Waals surface area (Å²) >= 11 is 0. The topological polar surface area (TPSA) is 84.5 Å². The minimum absolute atomic E-state index is 0.237. The predicted octanol–water partition coefficient (Wildman–Crippen LogP) is 4.19. The minimum atomic E-state index is -0.458. The van der Waals surface area contributed by atoms with Gasteiger partial charge in [0.05, 0.1) is 0 Å². The van der Waals surface area contributed by atoms with Gasteiger partial charge < -0.3 is 15.4 Å². The number of nitrogens with one attached hydrogen (secondary N) is 2. The fourth-order valence-corrected chi connectivity index (χ4v) is 2.84. The second-order valence-electron chi connectivity index (χ2n) is 6.69. The maximum Gasteiger partial charge on any atom is 0.308 e. The lowest BCUT2D eigenvalue weighted by molar-refractivity contribution is -0.131. The van der Waals surface area contributed by atoms with Crippen LogP contribution < -0.4 is 15.4 Å². The summed E-state index contributed by atoms with van der Waals surface area (Å²) in [6.07, 6.45) is 3.20. The van der Waals surface area contributed by atoms with Crippen molar-refractivity contribution in [2.24, 2.45) is 0 Å². The summed E-state index contributed by atoms with van der Waals surface area (Å²) < 4.78 is 5.03. The molecule has 156 valence electrons. The molecule has 0 aromatic heterocycles. The number of para-hydroxylation sites is 1. The molecule has 2 amide bonds. The lowest BCUT2D eigenvalue weighted by Crippen LogP contribution is -2.22. The van der Waals surface area contributed by atoms with Gasteiger partial charge in [-0.3, -0.25) is 14.4 Å². The van der Waals surface area contributed by atoms with Gasteiger partial charge in [0.25, 0.3) is 5.91 Å². The van der Waals surface area contributed by atoms with Crippen LogP contribution in [0.15, 0.2) is 84.9 Å². The molecule has 0 aliphatic rings. The van der Waals surface area contributed by atoms with E-state index in [9.17, 15) is 14.4 Å². The molecule has 0 aliphatic carbocycles. The molecule has 6 nitrogen and oxygen atoms in total. The Kier molecular flexibility index (Phi) is 7.32. The van der Waals surface area contributed by atoms with Gasteiger partial charge in [0.1, 0.15) is 5.75 Å². The highest BCUT2D eigenvalue weighted by molar-refractivity contribution is 6.05. The van der Waals surface area contributed by atoms with Crippen molar-refractivity contribution in [1.29, 1.82) is 0 Å². The number of carbonyl (C=O) groups is 3. The van der Waals surface area contributed by atoms with E-state index in [1.807, 2.05) is 42.5 Å². The molecule has 0 heterocycles. The number of carbonyl (C=O) groups excluding carboxylic acids is 3. The summed E-state index contributed by atoms with van der Waals surface area (Å²) in [6.45, 7) is 1.55. The predicted molar refractivity (Wildman–Crippen MR) is 119 cm³/mol. The standard InChI is InChI=1S/C25H22N2O4/c1-18(28)31-22-12-7-11-20(16-22)25(30)27-23-13-6-5-10-21(23)17-26-24(29)15-14-19-8-3-2-4-9-19/h2-16H,17H2,1H3,(H,26,29)(H,27,30)/b15-14+. The fourth-order valence-electron chi connectivity index (χ4n) is 2.84. The molecule has 6 heteroatoms. The number of hydrogen-bond donors (Lipinski definition) is 2. The molecule has 0 saturated heterocycles. The van der Waals surface area contributed by atoms with Gasteiger partial charge in [-0.05, 0) is 41.5 Å². The SMILES string of the molecule is CC(=O)Oc1cccc(C(=O)Nc2ccccc2CNC(=O)/C=C/c2ccccc2)c1. The minimum Gasteiger partial charge on any atom is -0.427 e. The van der Waals surface area contributed by atoms with E-state index in [2.05, 4.69) is 10.6 Å². The number of rotatable bonds is 7. The molecule has 0 unspecified atom stereocenters. The van der Waals surface area contributed by atoms with E-state index in [0.717, 1.165) is 11.1 Å². The number of benzene rings is 3. The Balaban J connectivity index is 1.64. The van der Waals surface area contributed by atoms with E-state index in [1.165, 1.54) is 19.1 Å². The van der Waals surface area contributed by atoms with E-state index in [0.29, 0.717) is 17.0 Å². The second kappa shape index (κ2) is 10.5. The molecule has 0 aliphatic heterocycles. The summed E-state index contributed by atoms with van der Waals surface area (Å²) in [5.41, 5.74) is 2.62. The molecule has 31 heavy (non-hydrogen) atoms. The first-order valence-corrected chi connectivity index (χ1v) is 9.70. The summed E-state index contributed by atoms with van der Waals surface area (Å²) in [7, 11) is 0. The number of ether oxygens (including phenoxy) is 1. The first kappa shape index (κ1) is 21.5. The lowest BCUT2D eigenvalue weighted by atomic mass is 10.1. The van der Waals surface area contributed by atoms with Crippen LogP contribution in [-0.4, -0.2) is 17.8 Å². The van der Waals surface area contributed by atoms with E-state index in [1.54, 1.807) is 36.4 Å². The molecule has 2 N–H and O–H groups in total. The molecular weight excluding hydrogens is 392 g/mol. The van der Waals surface area contributed by atoms with E-state index >= 15 is 0 Å². The van der Waals surface area contributed by atoms with Crippen LogP contribution in [0.25, 0.3) is 6.08 Å². The molecule has 0 atom stereocenters. The van der Waals surface area contributed by atoms with Crippen molar-refractivity contribution >= 4 is 29.5 Å². The van der Waals surface area contributed by atoms with Gasteiger partial charge in [0.15, 0.2) is 0 Å². The zero-order chi connectivity index (χ0) is 22.1. The number of amides is 2. The van der Waals surface area contributed by atoms with Gasteiger partial charge in [0.2, 0.25) is 5.91 Å². The fraction of sp³-hybridized carbons (Fsp3) is 0.0800. The molecule has 3 aromatic rings. The van der Waals surface area contributed by atoms with Crippen molar-refractivity contribution in [2.45, 2.75) is 13.5 Å². The summed E-state index contributed by atoms with van der Waals surface area (Å²) in [5.74, 6) is -0.748. The quantitative estimate of drug-likeness (QED) is 0.345. The van der Waals surface area contributed by atoms with Crippen LogP contribution in [0.1, 0.15) is 28.4 Å². The zero-order valence-corrected chi connectivity index (χ0v) is 17.0. The third-order valence-corrected chi connectivity index (χ3v) is 4.30. The molecule has 0 fully saturated rings. The van der Waals surface area contributed by atoms with Crippen LogP contribution in [0.4, 0.5) is 5.69 Å². The smallest absolute Gasteiger partial charge is 0.308 e. The Hall–Kier alpha value is -4.19. The van der Waals surface area contributed by atoms with E-state index in [4.69, 9.17) is 4.74 Å². The second-order valence-corrected chi connectivity index (χ2v) is 6.69. The first-order valence-electron chi connectivity index (χ1n) is 9.70. The third-order valence-electron chi connectivity index (χ3n) is 4.30. The maximum absolute atomic E-state index is 12.7. The highest BCUT2D eigenvalue weighted by atomic mass is 16.5. The Bertz CT molecular complexity index is 1110. The monoisotopic (exact) mass is 414 g/mol. The average Bonchev–Trinajstić information content (AvgIpc) is 2.77. The van der Waals surface area contributed by atoms with Crippen LogP contribution in [-0.2, 0) is 16.1 Å². The van der Waals surface area contributed by atoms with Gasteiger partial charge in [0, 0.05) is 30.8 Å². The van der Waals surface area contributed by atoms with Crippen molar-refractivity contribution in [3.63, 3.8) is 0 Å². The lowest BCUT2D eigenvalue weighted by Gasteiger charge is -2.12. The average molecular weight is 414 g/mol. The Labute approximate surface area is 180 Å². The van der Waals surface area contributed by atoms with Gasteiger partial charge in [-0.25, -0.2) is 0 Å². The van der Waals surface area contributed by atoms with Crippen LogP contribution in [0.5, 0.6) is 5.75 Å². The largest absolute Gasteiger partial charge is 0.427 e. The van der Waals surface area contributed by atoms with E-state index < -0.39 is 5.97 Å². The highest BCUT2D eigenvalue weighted by Gasteiger charge is 2.11. The molecule has 0 radical (unpaired) electrons. The number of esters is 1. The van der Waals surface area contributed by atoms with Gasteiger partial charge in [-0.15, -0.1) is 0 Å². The van der Waals surface area contributed by atoms with Crippen molar-refractivity contribution < 1.29 is 19.1 Å². The Morgan fingerprint density at radius 2 is 1.65 bits per heavy atom. The van der Waals surface area contributed by atoms with E-state index in [-0.39, 0.29) is 18.4 Å². The van der Waals surface area contributed by atoms with Crippen molar-refractivity contribution in [3.05, 3.63) is 102 Å². The Morgan fingerprint density at radius 3 is 2.42 bits per heavy atom. The summed E-state index contributed by atoms with van der Waals surface area (Å²) in [5, 5.41) is 5.66. The van der Waals surface area contributed by atoms with Crippen LogP contribution in [0.2, 0.25) is 0 Å². The maximum atomic E-state index is 12.7.